The zero-order valence-corrected chi connectivity index (χ0v) is 17.6. The number of amides is 3. The van der Waals surface area contributed by atoms with Crippen LogP contribution in [0.5, 0.6) is 0 Å². The molecule has 1 fully saturated rings. The Hall–Kier alpha value is -2.86. The van der Waals surface area contributed by atoms with Crippen molar-refractivity contribution in [3.63, 3.8) is 0 Å². The molecule has 1 N–H and O–H groups in total. The van der Waals surface area contributed by atoms with Gasteiger partial charge in [-0.3, -0.25) is 14.4 Å². The molecule has 0 aliphatic carbocycles. The van der Waals surface area contributed by atoms with Gasteiger partial charge in [-0.25, -0.2) is 0 Å². The van der Waals surface area contributed by atoms with Gasteiger partial charge in [0.1, 0.15) is 0 Å². The van der Waals surface area contributed by atoms with Crippen LogP contribution in [0, 0.1) is 5.92 Å². The molecule has 3 amide bonds. The van der Waals surface area contributed by atoms with Crippen molar-refractivity contribution < 1.29 is 14.4 Å². The number of nitrogens with one attached hydrogen (secondary N) is 1. The Bertz CT molecular complexity index is 990. The number of nitrogens with zero attached hydrogens (tertiary/aromatic N) is 2. The van der Waals surface area contributed by atoms with E-state index in [1.807, 2.05) is 37.3 Å². The van der Waals surface area contributed by atoms with E-state index in [0.29, 0.717) is 31.1 Å². The summed E-state index contributed by atoms with van der Waals surface area (Å²) in [5.74, 6) is -0.449. The minimum absolute atomic E-state index is 0.0546. The summed E-state index contributed by atoms with van der Waals surface area (Å²) in [5, 5.41) is 3.57. The number of fused-ring (bicyclic) bond motifs is 1. The molecule has 0 bridgehead atoms. The molecule has 2 aliphatic heterocycles. The fourth-order valence-corrected chi connectivity index (χ4v) is 4.20. The second-order valence-electron chi connectivity index (χ2n) is 7.71. The van der Waals surface area contributed by atoms with Crippen LogP contribution < -0.4 is 15.1 Å². The number of hydrogen-bond donors (Lipinski definition) is 1. The maximum absolute atomic E-state index is 12.6. The van der Waals surface area contributed by atoms with E-state index in [1.165, 1.54) is 0 Å². The Balaban J connectivity index is 1.40. The highest BCUT2D eigenvalue weighted by atomic mass is 35.5. The van der Waals surface area contributed by atoms with Crippen molar-refractivity contribution in [3.05, 3.63) is 58.6 Å². The number of benzene rings is 2. The predicted octanol–water partition coefficient (Wildman–Crippen LogP) is 3.31. The lowest BCUT2D eigenvalue weighted by Crippen LogP contribution is -2.32. The first kappa shape index (κ1) is 20.4. The van der Waals surface area contributed by atoms with E-state index in [1.54, 1.807) is 21.9 Å². The maximum Gasteiger partial charge on any atom is 0.227 e. The molecule has 0 spiro atoms. The minimum atomic E-state index is -0.378. The molecule has 30 heavy (non-hydrogen) atoms. The molecule has 2 aromatic rings. The molecule has 156 valence electrons. The van der Waals surface area contributed by atoms with Crippen molar-refractivity contribution in [2.24, 2.45) is 5.92 Å². The molecule has 2 aliphatic rings. The van der Waals surface area contributed by atoms with Crippen LogP contribution in [0.3, 0.4) is 0 Å². The molecule has 1 atom stereocenters. The van der Waals surface area contributed by atoms with Gasteiger partial charge in [0.05, 0.1) is 5.92 Å². The highest BCUT2D eigenvalue weighted by Gasteiger charge is 2.35. The van der Waals surface area contributed by atoms with Crippen LogP contribution in [0.1, 0.15) is 30.9 Å². The van der Waals surface area contributed by atoms with Crippen molar-refractivity contribution in [1.29, 1.82) is 0 Å². The average Bonchev–Trinajstić information content (AvgIpc) is 3.35. The molecule has 7 heteroatoms. The molecule has 4 rings (SSSR count). The van der Waals surface area contributed by atoms with Gasteiger partial charge in [0.15, 0.2) is 0 Å². The number of halogens is 1. The number of anilines is 2. The monoisotopic (exact) mass is 425 g/mol. The molecule has 2 aromatic carbocycles. The van der Waals surface area contributed by atoms with E-state index < -0.39 is 0 Å². The summed E-state index contributed by atoms with van der Waals surface area (Å²) in [5.41, 5.74) is 3.74. The van der Waals surface area contributed by atoms with E-state index >= 15 is 0 Å². The molecule has 0 radical (unpaired) electrons. The molecule has 6 nitrogen and oxygen atoms in total. The fourth-order valence-electron chi connectivity index (χ4n) is 4.07. The third-order valence-electron chi connectivity index (χ3n) is 5.75. The first-order valence-corrected chi connectivity index (χ1v) is 10.6. The summed E-state index contributed by atoms with van der Waals surface area (Å²) in [6.45, 7) is 3.30. The van der Waals surface area contributed by atoms with Gasteiger partial charge in [0.2, 0.25) is 17.7 Å². The van der Waals surface area contributed by atoms with E-state index in [9.17, 15) is 14.4 Å². The summed E-state index contributed by atoms with van der Waals surface area (Å²) in [6.07, 6.45) is 1.45. The van der Waals surface area contributed by atoms with Crippen LogP contribution >= 0.6 is 11.6 Å². The number of carbonyl (C=O) groups excluding carboxylic acids is 3. The zero-order chi connectivity index (χ0) is 21.3. The van der Waals surface area contributed by atoms with Crippen molar-refractivity contribution in [1.82, 2.24) is 5.32 Å². The van der Waals surface area contributed by atoms with Gasteiger partial charge in [-0.15, -0.1) is 0 Å². The van der Waals surface area contributed by atoms with Crippen LogP contribution in [-0.2, 0) is 27.3 Å². The third kappa shape index (κ3) is 4.05. The van der Waals surface area contributed by atoms with Gasteiger partial charge in [-0.05, 0) is 47.9 Å². The van der Waals surface area contributed by atoms with Crippen molar-refractivity contribution in [3.8, 4) is 0 Å². The summed E-state index contributed by atoms with van der Waals surface area (Å²) >= 11 is 5.88. The van der Waals surface area contributed by atoms with Gasteiger partial charge < -0.3 is 15.1 Å². The molecule has 0 aromatic heterocycles. The maximum atomic E-state index is 12.6. The van der Waals surface area contributed by atoms with Crippen LogP contribution in [0.15, 0.2) is 42.5 Å². The second kappa shape index (κ2) is 8.48. The summed E-state index contributed by atoms with van der Waals surface area (Å²) in [7, 11) is 0. The molecular formula is C23H24ClN3O3. The van der Waals surface area contributed by atoms with Crippen LogP contribution in [0.2, 0.25) is 5.02 Å². The van der Waals surface area contributed by atoms with E-state index in [0.717, 1.165) is 28.9 Å². The topological polar surface area (TPSA) is 69.7 Å². The Labute approximate surface area is 180 Å². The highest BCUT2D eigenvalue weighted by molar-refractivity contribution is 6.30. The number of rotatable bonds is 5. The second-order valence-corrected chi connectivity index (χ2v) is 8.15. The number of carbonyl (C=O) groups is 3. The Kier molecular flexibility index (Phi) is 5.77. The Morgan fingerprint density at radius 3 is 2.67 bits per heavy atom. The van der Waals surface area contributed by atoms with Gasteiger partial charge in [0, 0.05) is 48.9 Å². The average molecular weight is 426 g/mol. The molecular weight excluding hydrogens is 402 g/mol. The van der Waals surface area contributed by atoms with E-state index in [-0.39, 0.29) is 30.1 Å². The summed E-state index contributed by atoms with van der Waals surface area (Å²) in [6, 6.07) is 13.1. The standard InChI is InChI=1S/C23H24ClN3O3/c1-2-21(28)26-10-9-16-11-19(7-8-20(16)26)27-14-17(12-22(27)29)23(30)25-13-15-3-5-18(24)6-4-15/h3-8,11,17H,2,9-10,12-14H2,1H3,(H,25,30)/t17-/m1/s1. The first-order chi connectivity index (χ1) is 14.5. The van der Waals surface area contributed by atoms with Crippen molar-refractivity contribution in [2.75, 3.05) is 22.9 Å². The SMILES string of the molecule is CCC(=O)N1CCc2cc(N3C[C@H](C(=O)NCc4ccc(Cl)cc4)CC3=O)ccc21. The quantitative estimate of drug-likeness (QED) is 0.799. The highest BCUT2D eigenvalue weighted by Crippen LogP contribution is 2.34. The van der Waals surface area contributed by atoms with Crippen LogP contribution in [0.25, 0.3) is 0 Å². The zero-order valence-electron chi connectivity index (χ0n) is 16.9. The van der Waals surface area contributed by atoms with E-state index in [2.05, 4.69) is 5.32 Å². The van der Waals surface area contributed by atoms with Crippen molar-refractivity contribution >= 4 is 40.7 Å². The summed E-state index contributed by atoms with van der Waals surface area (Å²) in [4.78, 5) is 40.7. The molecule has 1 saturated heterocycles. The fraction of sp³-hybridized carbons (Fsp3) is 0.348. The van der Waals surface area contributed by atoms with Crippen LogP contribution in [-0.4, -0.2) is 30.8 Å². The first-order valence-electron chi connectivity index (χ1n) is 10.2. The third-order valence-corrected chi connectivity index (χ3v) is 6.00. The van der Waals surface area contributed by atoms with Gasteiger partial charge in [-0.2, -0.15) is 0 Å². The Morgan fingerprint density at radius 1 is 1.17 bits per heavy atom. The lowest BCUT2D eigenvalue weighted by molar-refractivity contribution is -0.126. The van der Waals surface area contributed by atoms with Gasteiger partial charge in [0.25, 0.3) is 0 Å². The predicted molar refractivity (Wildman–Crippen MR) is 117 cm³/mol. The van der Waals surface area contributed by atoms with E-state index in [4.69, 9.17) is 11.6 Å². The van der Waals surface area contributed by atoms with Gasteiger partial charge >= 0.3 is 0 Å². The Morgan fingerprint density at radius 2 is 1.93 bits per heavy atom. The van der Waals surface area contributed by atoms with Gasteiger partial charge in [-0.1, -0.05) is 30.7 Å². The van der Waals surface area contributed by atoms with Crippen molar-refractivity contribution in [2.45, 2.75) is 32.7 Å². The minimum Gasteiger partial charge on any atom is -0.352 e. The lowest BCUT2D eigenvalue weighted by Gasteiger charge is -2.20. The normalized spacial score (nSPS) is 17.9. The lowest BCUT2D eigenvalue weighted by atomic mass is 10.1. The molecule has 2 heterocycles. The van der Waals surface area contributed by atoms with Crippen LogP contribution in [0.4, 0.5) is 11.4 Å². The smallest absolute Gasteiger partial charge is 0.227 e. The largest absolute Gasteiger partial charge is 0.352 e. The number of hydrogen-bond acceptors (Lipinski definition) is 3. The molecule has 0 saturated carbocycles. The molecule has 0 unspecified atom stereocenters. The summed E-state index contributed by atoms with van der Waals surface area (Å²) < 4.78 is 0.